The van der Waals surface area contributed by atoms with Gasteiger partial charge in [0.15, 0.2) is 6.61 Å². The number of nitrogens with one attached hydrogen (secondary N) is 1. The standard InChI is InChI=1S/C12H17NO5S/c1-2-3-8-13-19(16,17)11-6-4-10(5-7-11)18-9-12(14)15/h4-7,13H,2-3,8-9H2,1H3,(H,14,15). The van der Waals surface area contributed by atoms with Crippen molar-refractivity contribution < 1.29 is 23.1 Å². The molecule has 0 aliphatic rings. The van der Waals surface area contributed by atoms with Crippen molar-refractivity contribution >= 4 is 16.0 Å². The number of sulfonamides is 1. The Hall–Kier alpha value is -1.60. The maximum absolute atomic E-state index is 11.8. The van der Waals surface area contributed by atoms with E-state index in [4.69, 9.17) is 9.84 Å². The van der Waals surface area contributed by atoms with Gasteiger partial charge in [-0.2, -0.15) is 0 Å². The smallest absolute Gasteiger partial charge is 0.341 e. The van der Waals surface area contributed by atoms with E-state index in [0.29, 0.717) is 12.3 Å². The van der Waals surface area contributed by atoms with Crippen molar-refractivity contribution in [3.05, 3.63) is 24.3 Å². The zero-order valence-corrected chi connectivity index (χ0v) is 11.4. The summed E-state index contributed by atoms with van der Waals surface area (Å²) in [5.41, 5.74) is 0. The lowest BCUT2D eigenvalue weighted by Crippen LogP contribution is -2.24. The largest absolute Gasteiger partial charge is 0.482 e. The third-order valence-electron chi connectivity index (χ3n) is 2.32. The van der Waals surface area contributed by atoms with E-state index in [1.54, 1.807) is 0 Å². The number of carbonyl (C=O) groups is 1. The monoisotopic (exact) mass is 287 g/mol. The molecule has 0 heterocycles. The van der Waals surface area contributed by atoms with Gasteiger partial charge < -0.3 is 9.84 Å². The number of rotatable bonds is 8. The first kappa shape index (κ1) is 15.5. The molecule has 7 heteroatoms. The van der Waals surface area contributed by atoms with Crippen LogP contribution in [0.1, 0.15) is 19.8 Å². The summed E-state index contributed by atoms with van der Waals surface area (Å²) < 4.78 is 31.1. The van der Waals surface area contributed by atoms with Gasteiger partial charge in [-0.1, -0.05) is 13.3 Å². The normalized spacial score (nSPS) is 11.2. The van der Waals surface area contributed by atoms with Crippen LogP contribution in [0.15, 0.2) is 29.2 Å². The SMILES string of the molecule is CCCCNS(=O)(=O)c1ccc(OCC(=O)O)cc1. The van der Waals surface area contributed by atoms with Crippen molar-refractivity contribution in [1.82, 2.24) is 4.72 Å². The lowest BCUT2D eigenvalue weighted by Gasteiger charge is -2.07. The van der Waals surface area contributed by atoms with Crippen molar-refractivity contribution in [2.75, 3.05) is 13.2 Å². The molecule has 1 rings (SSSR count). The number of ether oxygens (including phenoxy) is 1. The average Bonchev–Trinajstić information content (AvgIpc) is 2.37. The van der Waals surface area contributed by atoms with Gasteiger partial charge >= 0.3 is 5.97 Å². The topological polar surface area (TPSA) is 92.7 Å². The van der Waals surface area contributed by atoms with Crippen LogP contribution in [0.4, 0.5) is 0 Å². The molecule has 0 bridgehead atoms. The van der Waals surface area contributed by atoms with Crippen LogP contribution in [0, 0.1) is 0 Å². The Balaban J connectivity index is 2.66. The molecular formula is C12H17NO5S. The number of carboxylic acids is 1. The van der Waals surface area contributed by atoms with Crippen molar-refractivity contribution in [2.24, 2.45) is 0 Å². The molecule has 0 aliphatic carbocycles. The van der Waals surface area contributed by atoms with Crippen molar-refractivity contribution in [2.45, 2.75) is 24.7 Å². The number of hydrogen-bond acceptors (Lipinski definition) is 4. The lowest BCUT2D eigenvalue weighted by atomic mass is 10.3. The van der Waals surface area contributed by atoms with Gasteiger partial charge in [0.05, 0.1) is 4.90 Å². The van der Waals surface area contributed by atoms with Gasteiger partial charge in [0, 0.05) is 6.54 Å². The number of benzene rings is 1. The molecule has 6 nitrogen and oxygen atoms in total. The van der Waals surface area contributed by atoms with Gasteiger partial charge in [0.25, 0.3) is 0 Å². The van der Waals surface area contributed by atoms with E-state index in [-0.39, 0.29) is 4.90 Å². The van der Waals surface area contributed by atoms with Gasteiger partial charge in [-0.3, -0.25) is 0 Å². The van der Waals surface area contributed by atoms with E-state index < -0.39 is 22.6 Å². The van der Waals surface area contributed by atoms with E-state index in [1.807, 2.05) is 6.92 Å². The predicted octanol–water partition coefficient (Wildman–Crippen LogP) is 1.23. The highest BCUT2D eigenvalue weighted by atomic mass is 32.2. The molecular weight excluding hydrogens is 270 g/mol. The summed E-state index contributed by atoms with van der Waals surface area (Å²) in [5, 5.41) is 8.45. The van der Waals surface area contributed by atoms with Crippen LogP contribution >= 0.6 is 0 Å². The Morgan fingerprint density at radius 2 is 1.95 bits per heavy atom. The molecule has 0 unspecified atom stereocenters. The first-order valence-corrected chi connectivity index (χ1v) is 7.38. The van der Waals surface area contributed by atoms with Gasteiger partial charge in [-0.05, 0) is 30.7 Å². The summed E-state index contributed by atoms with van der Waals surface area (Å²) in [4.78, 5) is 10.4. The molecule has 0 fully saturated rings. The number of aliphatic carboxylic acids is 1. The van der Waals surface area contributed by atoms with E-state index in [0.717, 1.165) is 12.8 Å². The Morgan fingerprint density at radius 3 is 2.47 bits per heavy atom. The first-order chi connectivity index (χ1) is 8.95. The van der Waals surface area contributed by atoms with Crippen molar-refractivity contribution in [3.63, 3.8) is 0 Å². The summed E-state index contributed by atoms with van der Waals surface area (Å²) in [5.74, 6) is -0.771. The van der Waals surface area contributed by atoms with Gasteiger partial charge in [-0.25, -0.2) is 17.9 Å². The molecule has 0 saturated carbocycles. The van der Waals surface area contributed by atoms with Crippen LogP contribution in [0.2, 0.25) is 0 Å². The van der Waals surface area contributed by atoms with Gasteiger partial charge in [-0.15, -0.1) is 0 Å². The van der Waals surface area contributed by atoms with Crippen molar-refractivity contribution in [1.29, 1.82) is 0 Å². The fourth-order valence-corrected chi connectivity index (χ4v) is 2.40. The fraction of sp³-hybridized carbons (Fsp3) is 0.417. The van der Waals surface area contributed by atoms with Crippen LogP contribution in [-0.2, 0) is 14.8 Å². The molecule has 0 spiro atoms. The van der Waals surface area contributed by atoms with Crippen LogP contribution in [-0.4, -0.2) is 32.6 Å². The van der Waals surface area contributed by atoms with Crippen LogP contribution in [0.5, 0.6) is 5.75 Å². The third kappa shape index (κ3) is 5.27. The Labute approximate surface area is 112 Å². The highest BCUT2D eigenvalue weighted by molar-refractivity contribution is 7.89. The molecule has 1 aromatic carbocycles. The van der Waals surface area contributed by atoms with Crippen LogP contribution in [0.3, 0.4) is 0 Å². The minimum Gasteiger partial charge on any atom is -0.482 e. The second-order valence-corrected chi connectivity index (χ2v) is 5.67. The molecule has 0 saturated heterocycles. The van der Waals surface area contributed by atoms with E-state index in [2.05, 4.69) is 4.72 Å². The Bertz CT molecular complexity index is 509. The summed E-state index contributed by atoms with van der Waals surface area (Å²) >= 11 is 0. The Morgan fingerprint density at radius 1 is 1.32 bits per heavy atom. The molecule has 0 aliphatic heterocycles. The fourth-order valence-electron chi connectivity index (χ4n) is 1.33. The highest BCUT2D eigenvalue weighted by Gasteiger charge is 2.12. The minimum atomic E-state index is -3.50. The van der Waals surface area contributed by atoms with E-state index in [1.165, 1.54) is 24.3 Å². The maximum atomic E-state index is 11.8. The van der Waals surface area contributed by atoms with Gasteiger partial charge in [0.1, 0.15) is 5.75 Å². The van der Waals surface area contributed by atoms with Gasteiger partial charge in [0.2, 0.25) is 10.0 Å². The van der Waals surface area contributed by atoms with E-state index >= 15 is 0 Å². The molecule has 2 N–H and O–H groups in total. The molecule has 0 amide bonds. The molecule has 1 aromatic rings. The van der Waals surface area contributed by atoms with E-state index in [9.17, 15) is 13.2 Å². The number of hydrogen-bond donors (Lipinski definition) is 2. The average molecular weight is 287 g/mol. The quantitative estimate of drug-likeness (QED) is 0.701. The maximum Gasteiger partial charge on any atom is 0.341 e. The zero-order valence-electron chi connectivity index (χ0n) is 10.6. The number of carboxylic acid groups (broad SMARTS) is 1. The Kier molecular flexibility index (Phi) is 5.78. The molecule has 19 heavy (non-hydrogen) atoms. The highest BCUT2D eigenvalue weighted by Crippen LogP contribution is 2.15. The lowest BCUT2D eigenvalue weighted by molar-refractivity contribution is -0.139. The number of unbranched alkanes of at least 4 members (excludes halogenated alkanes) is 1. The summed E-state index contributed by atoms with van der Waals surface area (Å²) in [6.07, 6.45) is 1.68. The molecule has 106 valence electrons. The van der Waals surface area contributed by atoms with Crippen LogP contribution in [0.25, 0.3) is 0 Å². The zero-order chi connectivity index (χ0) is 14.3. The molecule has 0 aromatic heterocycles. The summed E-state index contributed by atoms with van der Waals surface area (Å²) in [7, 11) is -3.50. The first-order valence-electron chi connectivity index (χ1n) is 5.90. The summed E-state index contributed by atoms with van der Waals surface area (Å²) in [6.45, 7) is 1.92. The third-order valence-corrected chi connectivity index (χ3v) is 3.80. The minimum absolute atomic E-state index is 0.131. The van der Waals surface area contributed by atoms with Crippen LogP contribution < -0.4 is 9.46 Å². The molecule has 0 atom stereocenters. The van der Waals surface area contributed by atoms with Crippen molar-refractivity contribution in [3.8, 4) is 5.75 Å². The predicted molar refractivity (Wildman–Crippen MR) is 69.7 cm³/mol. The second kappa shape index (κ2) is 7.10. The summed E-state index contributed by atoms with van der Waals surface area (Å²) in [6, 6.07) is 5.62. The molecule has 0 radical (unpaired) electrons. The second-order valence-electron chi connectivity index (χ2n) is 3.91.